The number of aromatic carboxylic acids is 1. The number of carbonyl (C=O) groups is 1. The molecule has 4 rings (SSSR count). The molecule has 4 N–H and O–H groups in total. The lowest BCUT2D eigenvalue weighted by atomic mass is 10.1. The highest BCUT2D eigenvalue weighted by molar-refractivity contribution is 6.11. The Morgan fingerprint density at radius 3 is 2.75 bits per heavy atom. The Labute approximate surface area is 137 Å². The van der Waals surface area contributed by atoms with E-state index in [0.29, 0.717) is 17.1 Å². The Kier molecular flexibility index (Phi) is 3.14. The molecule has 0 saturated heterocycles. The summed E-state index contributed by atoms with van der Waals surface area (Å²) in [4.78, 5) is 18.9. The van der Waals surface area contributed by atoms with Crippen LogP contribution in [0.4, 0.5) is 11.4 Å². The Balaban J connectivity index is 1.89. The normalized spacial score (nSPS) is 16.4. The SMILES string of the molecule is Cc1c(C2=Nc3cc(C(=O)O)ccc3NC2O)[nH]c2ccccc12. The molecule has 6 nitrogen and oxygen atoms in total. The number of aliphatic hydroxyl groups excluding tert-OH is 1. The third-order valence-electron chi connectivity index (χ3n) is 4.26. The fourth-order valence-corrected chi connectivity index (χ4v) is 3.02. The Hall–Kier alpha value is -3.12. The van der Waals surface area contributed by atoms with Crippen LogP contribution in [0.25, 0.3) is 10.9 Å². The van der Waals surface area contributed by atoms with E-state index in [-0.39, 0.29) is 5.56 Å². The van der Waals surface area contributed by atoms with E-state index in [9.17, 15) is 9.90 Å². The van der Waals surface area contributed by atoms with E-state index >= 15 is 0 Å². The zero-order valence-electron chi connectivity index (χ0n) is 12.9. The van der Waals surface area contributed by atoms with E-state index < -0.39 is 12.2 Å². The molecule has 0 spiro atoms. The van der Waals surface area contributed by atoms with Crippen LogP contribution in [0.15, 0.2) is 47.5 Å². The van der Waals surface area contributed by atoms with Crippen LogP contribution in [0.1, 0.15) is 21.6 Å². The van der Waals surface area contributed by atoms with Crippen molar-refractivity contribution in [1.29, 1.82) is 0 Å². The molecule has 0 saturated carbocycles. The third-order valence-corrected chi connectivity index (χ3v) is 4.26. The van der Waals surface area contributed by atoms with Gasteiger partial charge in [-0.15, -0.1) is 0 Å². The minimum Gasteiger partial charge on any atom is -0.478 e. The molecule has 0 fully saturated rings. The second-order valence-corrected chi connectivity index (χ2v) is 5.75. The minimum absolute atomic E-state index is 0.156. The molecular formula is C18H15N3O3. The maximum atomic E-state index is 11.1. The van der Waals surface area contributed by atoms with E-state index in [1.165, 1.54) is 12.1 Å². The number of hydrogen-bond donors (Lipinski definition) is 4. The second kappa shape index (κ2) is 5.21. The molecule has 1 atom stereocenters. The van der Waals surface area contributed by atoms with E-state index in [1.54, 1.807) is 6.07 Å². The number of para-hydroxylation sites is 1. The van der Waals surface area contributed by atoms with Gasteiger partial charge in [-0.05, 0) is 36.8 Å². The van der Waals surface area contributed by atoms with Crippen molar-refractivity contribution in [3.05, 3.63) is 59.3 Å². The summed E-state index contributed by atoms with van der Waals surface area (Å²) >= 11 is 0. The number of aliphatic hydroxyl groups is 1. The van der Waals surface area contributed by atoms with E-state index in [0.717, 1.165) is 22.2 Å². The number of aliphatic imine (C=N–C) groups is 1. The van der Waals surface area contributed by atoms with Gasteiger partial charge in [0.25, 0.3) is 0 Å². The number of aromatic amines is 1. The Morgan fingerprint density at radius 1 is 1.21 bits per heavy atom. The lowest BCUT2D eigenvalue weighted by Gasteiger charge is -2.23. The van der Waals surface area contributed by atoms with Crippen LogP contribution < -0.4 is 5.32 Å². The zero-order chi connectivity index (χ0) is 16.8. The van der Waals surface area contributed by atoms with Crippen LogP contribution in [0.2, 0.25) is 0 Å². The largest absolute Gasteiger partial charge is 0.478 e. The number of hydrogen-bond acceptors (Lipinski definition) is 4. The first kappa shape index (κ1) is 14.5. The highest BCUT2D eigenvalue weighted by atomic mass is 16.4. The zero-order valence-corrected chi connectivity index (χ0v) is 12.9. The highest BCUT2D eigenvalue weighted by Gasteiger charge is 2.25. The van der Waals surface area contributed by atoms with Crippen molar-refractivity contribution in [3.8, 4) is 0 Å². The van der Waals surface area contributed by atoms with Gasteiger partial charge in [0.05, 0.1) is 22.6 Å². The highest BCUT2D eigenvalue weighted by Crippen LogP contribution is 2.33. The average molecular weight is 321 g/mol. The van der Waals surface area contributed by atoms with Gasteiger partial charge in [0.1, 0.15) is 5.71 Å². The molecule has 0 bridgehead atoms. The number of anilines is 1. The molecule has 1 aliphatic rings. The van der Waals surface area contributed by atoms with E-state index in [2.05, 4.69) is 15.3 Å². The van der Waals surface area contributed by atoms with Crippen molar-refractivity contribution in [2.24, 2.45) is 4.99 Å². The molecule has 1 unspecified atom stereocenters. The topological polar surface area (TPSA) is 97.7 Å². The van der Waals surface area contributed by atoms with Crippen molar-refractivity contribution >= 4 is 34.0 Å². The minimum atomic E-state index is -1.01. The molecule has 2 aromatic carbocycles. The van der Waals surface area contributed by atoms with Crippen LogP contribution in [0.3, 0.4) is 0 Å². The van der Waals surface area contributed by atoms with Crippen LogP contribution in [-0.4, -0.2) is 33.1 Å². The third kappa shape index (κ3) is 2.16. The summed E-state index contributed by atoms with van der Waals surface area (Å²) in [7, 11) is 0. The van der Waals surface area contributed by atoms with Crippen molar-refractivity contribution in [2.75, 3.05) is 5.32 Å². The molecular weight excluding hydrogens is 306 g/mol. The van der Waals surface area contributed by atoms with Gasteiger partial charge in [-0.1, -0.05) is 18.2 Å². The number of aryl methyl sites for hydroxylation is 1. The van der Waals surface area contributed by atoms with Gasteiger partial charge in [-0.25, -0.2) is 9.79 Å². The number of carboxylic acid groups (broad SMARTS) is 1. The Morgan fingerprint density at radius 2 is 2.00 bits per heavy atom. The van der Waals surface area contributed by atoms with Crippen molar-refractivity contribution in [1.82, 2.24) is 4.98 Å². The number of H-pyrrole nitrogens is 1. The first-order valence-electron chi connectivity index (χ1n) is 7.53. The van der Waals surface area contributed by atoms with Gasteiger partial charge in [0, 0.05) is 10.9 Å². The predicted molar refractivity (Wildman–Crippen MR) is 92.3 cm³/mol. The van der Waals surface area contributed by atoms with Crippen molar-refractivity contribution in [2.45, 2.75) is 13.2 Å². The summed E-state index contributed by atoms with van der Waals surface area (Å²) in [6.45, 7) is 1.96. The molecule has 0 radical (unpaired) electrons. The fourth-order valence-electron chi connectivity index (χ4n) is 3.02. The number of aromatic nitrogens is 1. The predicted octanol–water partition coefficient (Wildman–Crippen LogP) is 3.04. The van der Waals surface area contributed by atoms with E-state index in [4.69, 9.17) is 5.11 Å². The molecule has 6 heteroatoms. The van der Waals surface area contributed by atoms with Crippen LogP contribution in [0, 0.1) is 6.92 Å². The van der Waals surface area contributed by atoms with Gasteiger partial charge in [-0.2, -0.15) is 0 Å². The molecule has 0 amide bonds. The number of nitrogens with one attached hydrogen (secondary N) is 2. The molecule has 3 aromatic rings. The fraction of sp³-hybridized carbons (Fsp3) is 0.111. The monoisotopic (exact) mass is 321 g/mol. The standard InChI is InChI=1S/C18H15N3O3/c1-9-11-4-2-3-5-12(11)19-15(9)16-17(22)21-13-7-6-10(18(23)24)8-14(13)20-16/h2-8,17,19,21-22H,1H3,(H,23,24). The second-order valence-electron chi connectivity index (χ2n) is 5.75. The molecule has 1 aliphatic heterocycles. The number of fused-ring (bicyclic) bond motifs is 2. The summed E-state index contributed by atoms with van der Waals surface area (Å²) < 4.78 is 0. The van der Waals surface area contributed by atoms with Crippen molar-refractivity contribution < 1.29 is 15.0 Å². The van der Waals surface area contributed by atoms with Crippen LogP contribution in [0.5, 0.6) is 0 Å². The summed E-state index contributed by atoms with van der Waals surface area (Å²) in [6, 6.07) is 12.5. The maximum absolute atomic E-state index is 11.1. The maximum Gasteiger partial charge on any atom is 0.335 e. The van der Waals surface area contributed by atoms with Crippen LogP contribution in [-0.2, 0) is 0 Å². The number of rotatable bonds is 2. The quantitative estimate of drug-likeness (QED) is 0.583. The van der Waals surface area contributed by atoms with Gasteiger partial charge in [0.2, 0.25) is 0 Å². The summed E-state index contributed by atoms with van der Waals surface area (Å²) in [5, 5.41) is 23.6. The lowest BCUT2D eigenvalue weighted by molar-refractivity contribution is 0.0697. The summed E-state index contributed by atoms with van der Waals surface area (Å²) in [5.74, 6) is -1.01. The molecule has 1 aromatic heterocycles. The molecule has 2 heterocycles. The smallest absolute Gasteiger partial charge is 0.335 e. The molecule has 24 heavy (non-hydrogen) atoms. The van der Waals surface area contributed by atoms with E-state index in [1.807, 2.05) is 31.2 Å². The molecule has 120 valence electrons. The Bertz CT molecular complexity index is 1000. The molecule has 0 aliphatic carbocycles. The van der Waals surface area contributed by atoms with Gasteiger partial charge in [-0.3, -0.25) is 0 Å². The first-order chi connectivity index (χ1) is 11.5. The summed E-state index contributed by atoms with van der Waals surface area (Å²) in [6.07, 6.45) is -0.972. The van der Waals surface area contributed by atoms with Gasteiger partial charge >= 0.3 is 5.97 Å². The number of carboxylic acids is 1. The number of benzene rings is 2. The van der Waals surface area contributed by atoms with Gasteiger partial charge in [0.15, 0.2) is 6.23 Å². The van der Waals surface area contributed by atoms with Gasteiger partial charge < -0.3 is 20.5 Å². The average Bonchev–Trinajstić information content (AvgIpc) is 2.91. The lowest BCUT2D eigenvalue weighted by Crippen LogP contribution is -2.33. The van der Waals surface area contributed by atoms with Crippen molar-refractivity contribution in [3.63, 3.8) is 0 Å². The van der Waals surface area contributed by atoms with Crippen LogP contribution >= 0.6 is 0 Å². The number of nitrogens with zero attached hydrogens (tertiary/aromatic N) is 1. The summed E-state index contributed by atoms with van der Waals surface area (Å²) in [5.41, 5.74) is 4.39. The first-order valence-corrected chi connectivity index (χ1v) is 7.53.